The summed E-state index contributed by atoms with van der Waals surface area (Å²) in [4.78, 5) is 4.29. The van der Waals surface area contributed by atoms with Crippen LogP contribution < -0.4 is 5.32 Å². The van der Waals surface area contributed by atoms with E-state index in [-0.39, 0.29) is 0 Å². The van der Waals surface area contributed by atoms with Gasteiger partial charge in [-0.3, -0.25) is 4.98 Å². The van der Waals surface area contributed by atoms with Crippen molar-refractivity contribution in [1.29, 1.82) is 0 Å². The molecule has 0 saturated carbocycles. The maximum atomic E-state index is 4.29. The van der Waals surface area contributed by atoms with E-state index in [0.29, 0.717) is 5.92 Å². The zero-order valence-corrected chi connectivity index (χ0v) is 12.5. The lowest BCUT2D eigenvalue weighted by atomic mass is 10.2. The Morgan fingerprint density at radius 2 is 2.11 bits per heavy atom. The second-order valence-electron chi connectivity index (χ2n) is 5.04. The minimum Gasteiger partial charge on any atom is -0.316 e. The average molecular weight is 276 g/mol. The van der Waals surface area contributed by atoms with E-state index < -0.39 is 0 Å². The van der Waals surface area contributed by atoms with Gasteiger partial charge in [0.05, 0.1) is 0 Å². The van der Waals surface area contributed by atoms with Crippen LogP contribution >= 0.6 is 11.3 Å². The van der Waals surface area contributed by atoms with E-state index >= 15 is 0 Å². The first-order valence-electron chi connectivity index (χ1n) is 6.61. The van der Waals surface area contributed by atoms with Gasteiger partial charge in [-0.05, 0) is 31.5 Å². The largest absolute Gasteiger partial charge is 0.316 e. The fraction of sp³-hybridized carbons (Fsp3) is 0.500. The molecule has 2 aromatic rings. The minimum atomic E-state index is 0.684. The van der Waals surface area contributed by atoms with E-state index in [1.165, 1.54) is 0 Å². The summed E-state index contributed by atoms with van der Waals surface area (Å²) in [6.45, 7) is 8.41. The van der Waals surface area contributed by atoms with Gasteiger partial charge in [-0.15, -0.1) is 10.2 Å². The molecule has 2 heterocycles. The Hall–Kier alpha value is -1.33. The third-order valence-electron chi connectivity index (χ3n) is 2.69. The molecule has 5 heteroatoms. The van der Waals surface area contributed by atoms with Crippen molar-refractivity contribution in [1.82, 2.24) is 20.5 Å². The van der Waals surface area contributed by atoms with Gasteiger partial charge in [-0.1, -0.05) is 25.2 Å². The zero-order valence-electron chi connectivity index (χ0n) is 11.7. The molecule has 2 aromatic heterocycles. The van der Waals surface area contributed by atoms with E-state index in [0.717, 1.165) is 40.8 Å². The first-order chi connectivity index (χ1) is 9.15. The van der Waals surface area contributed by atoms with Crippen LogP contribution in [-0.4, -0.2) is 28.3 Å². The number of rotatable bonds is 6. The molecule has 0 spiro atoms. The maximum Gasteiger partial charge on any atom is 0.149 e. The van der Waals surface area contributed by atoms with E-state index in [1.54, 1.807) is 11.3 Å². The summed E-state index contributed by atoms with van der Waals surface area (Å²) >= 11 is 1.65. The van der Waals surface area contributed by atoms with Crippen LogP contribution in [0.5, 0.6) is 0 Å². The van der Waals surface area contributed by atoms with Crippen molar-refractivity contribution in [2.45, 2.75) is 27.2 Å². The third kappa shape index (κ3) is 4.36. The Labute approximate surface area is 118 Å². The van der Waals surface area contributed by atoms with Gasteiger partial charge in [0.25, 0.3) is 0 Å². The molecule has 0 aliphatic rings. The van der Waals surface area contributed by atoms with Crippen LogP contribution in [-0.2, 0) is 6.42 Å². The van der Waals surface area contributed by atoms with Crippen LogP contribution in [0.2, 0.25) is 0 Å². The Balaban J connectivity index is 1.90. The number of aryl methyl sites for hydroxylation is 1. The molecule has 0 aromatic carbocycles. The van der Waals surface area contributed by atoms with Crippen LogP contribution in [0, 0.1) is 12.8 Å². The zero-order chi connectivity index (χ0) is 13.7. The predicted molar refractivity (Wildman–Crippen MR) is 79.3 cm³/mol. The minimum absolute atomic E-state index is 0.684. The quantitative estimate of drug-likeness (QED) is 0.824. The van der Waals surface area contributed by atoms with Gasteiger partial charge in [0, 0.05) is 30.4 Å². The molecule has 0 atom stereocenters. The predicted octanol–water partition coefficient (Wildman–Crippen LogP) is 2.70. The summed E-state index contributed by atoms with van der Waals surface area (Å²) in [5, 5.41) is 13.9. The first-order valence-corrected chi connectivity index (χ1v) is 7.43. The van der Waals surface area contributed by atoms with Gasteiger partial charge in [0.2, 0.25) is 0 Å². The monoisotopic (exact) mass is 276 g/mol. The SMILES string of the molecule is Cc1ccc(-c2nnc(CCNCC(C)C)s2)cn1. The van der Waals surface area contributed by atoms with Crippen molar-refractivity contribution in [3.63, 3.8) is 0 Å². The molecule has 102 valence electrons. The van der Waals surface area contributed by atoms with Gasteiger partial charge in [0.1, 0.15) is 10.0 Å². The number of nitrogens with one attached hydrogen (secondary N) is 1. The molecule has 4 nitrogen and oxygen atoms in total. The smallest absolute Gasteiger partial charge is 0.149 e. The van der Waals surface area contributed by atoms with Crippen LogP contribution in [0.4, 0.5) is 0 Å². The summed E-state index contributed by atoms with van der Waals surface area (Å²) in [6, 6.07) is 4.05. The molecule has 0 amide bonds. The lowest BCUT2D eigenvalue weighted by molar-refractivity contribution is 0.553. The number of nitrogens with zero attached hydrogens (tertiary/aromatic N) is 3. The Morgan fingerprint density at radius 3 is 2.79 bits per heavy atom. The van der Waals surface area contributed by atoms with Crippen molar-refractivity contribution in [2.24, 2.45) is 5.92 Å². The summed E-state index contributed by atoms with van der Waals surface area (Å²) in [6.07, 6.45) is 2.79. The van der Waals surface area contributed by atoms with Crippen molar-refractivity contribution in [3.8, 4) is 10.6 Å². The Kier molecular flexibility index (Phi) is 4.99. The summed E-state index contributed by atoms with van der Waals surface area (Å²) in [5.41, 5.74) is 2.07. The van der Waals surface area contributed by atoms with Gasteiger partial charge in [-0.25, -0.2) is 0 Å². The molecule has 0 saturated heterocycles. The van der Waals surface area contributed by atoms with E-state index in [4.69, 9.17) is 0 Å². The summed E-state index contributed by atoms with van der Waals surface area (Å²) in [7, 11) is 0. The number of hydrogen-bond donors (Lipinski definition) is 1. The fourth-order valence-corrected chi connectivity index (χ4v) is 2.48. The lowest BCUT2D eigenvalue weighted by Crippen LogP contribution is -2.22. The Morgan fingerprint density at radius 1 is 1.26 bits per heavy atom. The molecular formula is C14H20N4S. The molecule has 1 N–H and O–H groups in total. The molecule has 0 unspecified atom stereocenters. The molecule has 2 rings (SSSR count). The molecule has 0 bridgehead atoms. The number of hydrogen-bond acceptors (Lipinski definition) is 5. The van der Waals surface area contributed by atoms with Crippen molar-refractivity contribution >= 4 is 11.3 Å². The van der Waals surface area contributed by atoms with Gasteiger partial charge in [-0.2, -0.15) is 0 Å². The molecule has 0 aliphatic heterocycles. The van der Waals surface area contributed by atoms with E-state index in [1.807, 2.05) is 25.3 Å². The maximum absolute atomic E-state index is 4.29. The molecule has 19 heavy (non-hydrogen) atoms. The Bertz CT molecular complexity index is 504. The van der Waals surface area contributed by atoms with Crippen LogP contribution in [0.15, 0.2) is 18.3 Å². The van der Waals surface area contributed by atoms with Gasteiger partial charge < -0.3 is 5.32 Å². The summed E-state index contributed by atoms with van der Waals surface area (Å²) < 4.78 is 0. The van der Waals surface area contributed by atoms with Gasteiger partial charge in [0.15, 0.2) is 0 Å². The highest BCUT2D eigenvalue weighted by molar-refractivity contribution is 7.14. The molecule has 0 fully saturated rings. The van der Waals surface area contributed by atoms with Gasteiger partial charge >= 0.3 is 0 Å². The van der Waals surface area contributed by atoms with Crippen LogP contribution in [0.3, 0.4) is 0 Å². The van der Waals surface area contributed by atoms with Crippen LogP contribution in [0.1, 0.15) is 24.5 Å². The highest BCUT2D eigenvalue weighted by Crippen LogP contribution is 2.22. The molecule has 0 aliphatic carbocycles. The second-order valence-corrected chi connectivity index (χ2v) is 6.10. The van der Waals surface area contributed by atoms with E-state index in [9.17, 15) is 0 Å². The summed E-state index contributed by atoms with van der Waals surface area (Å²) in [5.74, 6) is 0.684. The fourth-order valence-electron chi connectivity index (χ4n) is 1.65. The number of pyridine rings is 1. The third-order valence-corrected chi connectivity index (χ3v) is 3.73. The second kappa shape index (κ2) is 6.73. The first kappa shape index (κ1) is 14.1. The average Bonchev–Trinajstić information content (AvgIpc) is 2.84. The highest BCUT2D eigenvalue weighted by atomic mass is 32.1. The van der Waals surface area contributed by atoms with Crippen molar-refractivity contribution in [3.05, 3.63) is 29.0 Å². The van der Waals surface area contributed by atoms with Crippen molar-refractivity contribution < 1.29 is 0 Å². The van der Waals surface area contributed by atoms with E-state index in [2.05, 4.69) is 34.3 Å². The standard InChI is InChI=1S/C14H20N4S/c1-10(2)8-15-7-6-13-17-18-14(19-13)12-5-4-11(3)16-9-12/h4-5,9-10,15H,6-8H2,1-3H3. The highest BCUT2D eigenvalue weighted by Gasteiger charge is 2.06. The van der Waals surface area contributed by atoms with Crippen LogP contribution in [0.25, 0.3) is 10.6 Å². The molecular weight excluding hydrogens is 256 g/mol. The molecule has 0 radical (unpaired) electrons. The van der Waals surface area contributed by atoms with Crippen molar-refractivity contribution in [2.75, 3.05) is 13.1 Å². The topological polar surface area (TPSA) is 50.7 Å². The normalized spacial score (nSPS) is 11.2. The lowest BCUT2D eigenvalue weighted by Gasteiger charge is -2.05. The number of aromatic nitrogens is 3.